The average molecular weight is 420 g/mol. The molecule has 0 aromatic carbocycles. The molecule has 126 valence electrons. The molecule has 1 fully saturated rings. The highest BCUT2D eigenvalue weighted by molar-refractivity contribution is 14.0. The first kappa shape index (κ1) is 19.2. The molecule has 2 N–H and O–H groups in total. The van der Waals surface area contributed by atoms with Crippen molar-refractivity contribution in [3.05, 3.63) is 12.2 Å². The number of rotatable bonds is 6. The topological polar surface area (TPSA) is 67.1 Å². The van der Waals surface area contributed by atoms with Gasteiger partial charge in [-0.25, -0.2) is 4.99 Å². The van der Waals surface area contributed by atoms with Gasteiger partial charge in [-0.2, -0.15) is 0 Å². The first-order valence-electron chi connectivity index (χ1n) is 8.04. The van der Waals surface area contributed by atoms with Crippen molar-refractivity contribution in [1.29, 1.82) is 0 Å². The highest BCUT2D eigenvalue weighted by Crippen LogP contribution is 2.40. The van der Waals surface area contributed by atoms with E-state index >= 15 is 0 Å². The van der Waals surface area contributed by atoms with E-state index in [0.29, 0.717) is 12.0 Å². The molecule has 0 unspecified atom stereocenters. The number of hydrogen-bond acceptors (Lipinski definition) is 3. The van der Waals surface area contributed by atoms with Gasteiger partial charge in [-0.1, -0.05) is 19.8 Å². The Hall–Kier alpha value is -0.860. The van der Waals surface area contributed by atoms with E-state index in [-0.39, 0.29) is 24.0 Å². The van der Waals surface area contributed by atoms with E-state index in [9.17, 15) is 0 Å². The summed E-state index contributed by atoms with van der Waals surface area (Å²) in [5.41, 5.74) is 0.459. The number of nitrogens with zero attached hydrogens (tertiary/aromatic N) is 4. The van der Waals surface area contributed by atoms with E-state index in [2.05, 4.69) is 39.7 Å². The monoisotopic (exact) mass is 420 g/mol. The molecule has 1 saturated carbocycles. The second kappa shape index (κ2) is 9.32. The van der Waals surface area contributed by atoms with Crippen molar-refractivity contribution in [3.63, 3.8) is 0 Å². The van der Waals surface area contributed by atoms with Gasteiger partial charge in [-0.05, 0) is 31.6 Å². The zero-order chi connectivity index (χ0) is 15.1. The lowest BCUT2D eigenvalue weighted by Gasteiger charge is -2.28. The number of nitrogens with one attached hydrogen (secondary N) is 2. The summed E-state index contributed by atoms with van der Waals surface area (Å²) in [5.74, 6) is 1.75. The standard InChI is InChI=1S/C15H28N6.HI/c1-4-15(8-6-7-9-15)11-18-14(16-5-2)17-10-13-20-19-12-21(13)3;/h12H,4-11H2,1-3H3,(H2,16,17,18);1H. The van der Waals surface area contributed by atoms with Crippen LogP contribution in [0.1, 0.15) is 51.8 Å². The zero-order valence-electron chi connectivity index (χ0n) is 13.9. The Kier molecular flexibility index (Phi) is 8.13. The fourth-order valence-corrected chi connectivity index (χ4v) is 2.99. The number of aryl methyl sites for hydroxylation is 1. The summed E-state index contributed by atoms with van der Waals surface area (Å²) in [6.45, 7) is 6.81. The number of aromatic nitrogens is 3. The Morgan fingerprint density at radius 2 is 2.05 bits per heavy atom. The summed E-state index contributed by atoms with van der Waals surface area (Å²) in [4.78, 5) is 4.61. The Bertz CT molecular complexity index is 464. The summed E-state index contributed by atoms with van der Waals surface area (Å²) in [7, 11) is 1.94. The van der Waals surface area contributed by atoms with Gasteiger partial charge in [-0.15, -0.1) is 34.2 Å². The zero-order valence-corrected chi connectivity index (χ0v) is 16.3. The average Bonchev–Trinajstić information content (AvgIpc) is 3.12. The van der Waals surface area contributed by atoms with Crippen LogP contribution in [0.15, 0.2) is 11.3 Å². The molecule has 0 radical (unpaired) electrons. The lowest BCUT2D eigenvalue weighted by molar-refractivity contribution is 0.283. The molecule has 0 aliphatic heterocycles. The summed E-state index contributed by atoms with van der Waals surface area (Å²) in [5, 5.41) is 14.8. The number of aliphatic imine (C=N–C) groups is 1. The molecule has 6 nitrogen and oxygen atoms in total. The molecular formula is C15H29IN6. The second-order valence-electron chi connectivity index (χ2n) is 5.97. The van der Waals surface area contributed by atoms with Gasteiger partial charge in [0.2, 0.25) is 0 Å². The van der Waals surface area contributed by atoms with Gasteiger partial charge in [0.15, 0.2) is 11.8 Å². The highest BCUT2D eigenvalue weighted by atomic mass is 127. The minimum atomic E-state index is 0. The first-order chi connectivity index (χ1) is 10.2. The Labute approximate surface area is 150 Å². The third-order valence-corrected chi connectivity index (χ3v) is 4.57. The van der Waals surface area contributed by atoms with Crippen molar-refractivity contribution in [2.24, 2.45) is 17.5 Å². The molecule has 0 atom stereocenters. The molecule has 1 aliphatic carbocycles. The summed E-state index contributed by atoms with van der Waals surface area (Å²) in [6.07, 6.45) is 8.33. The van der Waals surface area contributed by atoms with E-state index in [1.807, 2.05) is 11.6 Å². The van der Waals surface area contributed by atoms with Crippen LogP contribution in [0.4, 0.5) is 0 Å². The van der Waals surface area contributed by atoms with E-state index in [4.69, 9.17) is 0 Å². The van der Waals surface area contributed by atoms with Crippen molar-refractivity contribution in [2.45, 2.75) is 52.5 Å². The predicted molar refractivity (Wildman–Crippen MR) is 100 cm³/mol. The van der Waals surface area contributed by atoms with E-state index in [1.165, 1.54) is 32.1 Å². The van der Waals surface area contributed by atoms with Crippen LogP contribution < -0.4 is 10.6 Å². The number of hydrogen-bond donors (Lipinski definition) is 2. The van der Waals surface area contributed by atoms with E-state index < -0.39 is 0 Å². The van der Waals surface area contributed by atoms with Crippen LogP contribution in [0.5, 0.6) is 0 Å². The molecule has 1 aromatic heterocycles. The molecule has 1 aliphatic rings. The molecule has 2 rings (SSSR count). The fourth-order valence-electron chi connectivity index (χ4n) is 2.99. The lowest BCUT2D eigenvalue weighted by Crippen LogP contribution is -2.42. The molecule has 0 saturated heterocycles. The van der Waals surface area contributed by atoms with Crippen LogP contribution >= 0.6 is 24.0 Å². The molecule has 0 spiro atoms. The van der Waals surface area contributed by atoms with Gasteiger partial charge < -0.3 is 15.2 Å². The Balaban J connectivity index is 0.00000242. The van der Waals surface area contributed by atoms with Gasteiger partial charge in [0.25, 0.3) is 0 Å². The molecule has 7 heteroatoms. The van der Waals surface area contributed by atoms with Crippen LogP contribution in [-0.4, -0.2) is 33.8 Å². The number of halogens is 1. The van der Waals surface area contributed by atoms with Crippen molar-refractivity contribution < 1.29 is 0 Å². The SMILES string of the molecule is CCNC(=NCc1nncn1C)NCC1(CC)CCCC1.I. The van der Waals surface area contributed by atoms with E-state index in [1.54, 1.807) is 6.33 Å². The molecular weight excluding hydrogens is 391 g/mol. The van der Waals surface area contributed by atoms with Gasteiger partial charge in [0.05, 0.1) is 0 Å². The normalized spacial score (nSPS) is 17.1. The predicted octanol–water partition coefficient (Wildman–Crippen LogP) is 2.46. The van der Waals surface area contributed by atoms with Crippen molar-refractivity contribution in [1.82, 2.24) is 25.4 Å². The third kappa shape index (κ3) is 5.10. The Morgan fingerprint density at radius 1 is 1.32 bits per heavy atom. The smallest absolute Gasteiger partial charge is 0.191 e. The van der Waals surface area contributed by atoms with Crippen LogP contribution in [0, 0.1) is 5.41 Å². The van der Waals surface area contributed by atoms with Crippen molar-refractivity contribution in [2.75, 3.05) is 13.1 Å². The largest absolute Gasteiger partial charge is 0.357 e. The van der Waals surface area contributed by atoms with Crippen LogP contribution in [0.3, 0.4) is 0 Å². The van der Waals surface area contributed by atoms with Gasteiger partial charge in [0.1, 0.15) is 12.9 Å². The maximum Gasteiger partial charge on any atom is 0.191 e. The van der Waals surface area contributed by atoms with E-state index in [0.717, 1.165) is 24.9 Å². The van der Waals surface area contributed by atoms with Gasteiger partial charge in [-0.3, -0.25) is 0 Å². The fraction of sp³-hybridized carbons (Fsp3) is 0.800. The molecule has 22 heavy (non-hydrogen) atoms. The maximum atomic E-state index is 4.61. The molecule has 0 amide bonds. The minimum absolute atomic E-state index is 0. The summed E-state index contributed by atoms with van der Waals surface area (Å²) >= 11 is 0. The molecule has 1 aromatic rings. The van der Waals surface area contributed by atoms with Crippen LogP contribution in [-0.2, 0) is 13.6 Å². The summed E-state index contributed by atoms with van der Waals surface area (Å²) in [6, 6.07) is 0. The molecule has 0 bridgehead atoms. The van der Waals surface area contributed by atoms with Crippen LogP contribution in [0.2, 0.25) is 0 Å². The molecule has 1 heterocycles. The third-order valence-electron chi connectivity index (χ3n) is 4.57. The van der Waals surface area contributed by atoms with Gasteiger partial charge in [0, 0.05) is 20.1 Å². The van der Waals surface area contributed by atoms with Gasteiger partial charge >= 0.3 is 0 Å². The second-order valence-corrected chi connectivity index (χ2v) is 5.97. The van der Waals surface area contributed by atoms with Crippen LogP contribution in [0.25, 0.3) is 0 Å². The van der Waals surface area contributed by atoms with Crippen molar-refractivity contribution in [3.8, 4) is 0 Å². The maximum absolute atomic E-state index is 4.61. The minimum Gasteiger partial charge on any atom is -0.357 e. The summed E-state index contributed by atoms with van der Waals surface area (Å²) < 4.78 is 1.90. The van der Waals surface area contributed by atoms with Crippen molar-refractivity contribution >= 4 is 29.9 Å². The highest BCUT2D eigenvalue weighted by Gasteiger charge is 2.31. The lowest BCUT2D eigenvalue weighted by atomic mass is 9.83. The number of guanidine groups is 1. The quantitative estimate of drug-likeness (QED) is 0.422. The Morgan fingerprint density at radius 3 is 2.59 bits per heavy atom. The first-order valence-corrected chi connectivity index (χ1v) is 8.04.